The lowest BCUT2D eigenvalue weighted by molar-refractivity contribution is -0.384. The molecule has 0 fully saturated rings. The molecule has 1 aromatic heterocycles. The summed E-state index contributed by atoms with van der Waals surface area (Å²) in [7, 11) is 0. The molecule has 1 heterocycles. The van der Waals surface area contributed by atoms with Gasteiger partial charge in [0.2, 0.25) is 5.76 Å². The van der Waals surface area contributed by atoms with Gasteiger partial charge in [-0.3, -0.25) is 10.1 Å². The van der Waals surface area contributed by atoms with Gasteiger partial charge in [0, 0.05) is 17.7 Å². The van der Waals surface area contributed by atoms with Crippen LogP contribution in [0.1, 0.15) is 42.5 Å². The number of hydrogen-bond acceptors (Lipinski definition) is 5. The summed E-state index contributed by atoms with van der Waals surface area (Å²) in [5.74, 6) is 0.375. The fourth-order valence-electron chi connectivity index (χ4n) is 2.73. The minimum absolute atomic E-state index is 0.00791. The summed E-state index contributed by atoms with van der Waals surface area (Å²) in [6.07, 6.45) is 0. The molecule has 0 unspecified atom stereocenters. The zero-order chi connectivity index (χ0) is 20.5. The number of nitro benzene ring substituents is 1. The highest BCUT2D eigenvalue weighted by Crippen LogP contribution is 2.29. The van der Waals surface area contributed by atoms with Crippen LogP contribution in [0.2, 0.25) is 0 Å². The van der Waals surface area contributed by atoms with Gasteiger partial charge in [0.1, 0.15) is 11.5 Å². The summed E-state index contributed by atoms with van der Waals surface area (Å²) in [4.78, 5) is 22.7. The Labute approximate surface area is 162 Å². The molecule has 2 aromatic carbocycles. The number of benzene rings is 2. The van der Waals surface area contributed by atoms with Crippen LogP contribution in [0.25, 0.3) is 11.3 Å². The van der Waals surface area contributed by atoms with Crippen molar-refractivity contribution < 1.29 is 18.9 Å². The van der Waals surface area contributed by atoms with Crippen LogP contribution >= 0.6 is 0 Å². The Morgan fingerprint density at radius 2 is 1.71 bits per heavy atom. The highest BCUT2D eigenvalue weighted by molar-refractivity contribution is 5.89. The Hall–Kier alpha value is -3.41. The molecule has 3 rings (SSSR count). The molecule has 0 aliphatic carbocycles. The molecule has 0 aliphatic heterocycles. The van der Waals surface area contributed by atoms with Gasteiger partial charge in [-0.15, -0.1) is 0 Å². The summed E-state index contributed by atoms with van der Waals surface area (Å²) in [5, 5.41) is 10.7. The van der Waals surface area contributed by atoms with Crippen LogP contribution in [0.3, 0.4) is 0 Å². The van der Waals surface area contributed by atoms with Crippen LogP contribution in [0, 0.1) is 17.0 Å². The maximum absolute atomic E-state index is 12.4. The van der Waals surface area contributed by atoms with Crippen molar-refractivity contribution >= 4 is 11.7 Å². The molecular weight excluding hydrogens is 358 g/mol. The Morgan fingerprint density at radius 3 is 2.29 bits per heavy atom. The molecule has 0 bridgehead atoms. The van der Waals surface area contributed by atoms with Gasteiger partial charge in [-0.05, 0) is 53.8 Å². The largest absolute Gasteiger partial charge is 0.449 e. The van der Waals surface area contributed by atoms with Crippen LogP contribution in [-0.4, -0.2) is 10.9 Å². The van der Waals surface area contributed by atoms with Gasteiger partial charge >= 0.3 is 5.97 Å². The van der Waals surface area contributed by atoms with E-state index in [1.165, 1.54) is 18.2 Å². The maximum Gasteiger partial charge on any atom is 0.379 e. The molecule has 6 nitrogen and oxygen atoms in total. The Balaban J connectivity index is 1.76. The number of non-ortho nitro benzene ring substituents is 1. The smallest absolute Gasteiger partial charge is 0.379 e. The zero-order valence-corrected chi connectivity index (χ0v) is 16.2. The van der Waals surface area contributed by atoms with E-state index in [1.54, 1.807) is 24.3 Å². The van der Waals surface area contributed by atoms with E-state index in [0.29, 0.717) is 17.1 Å². The number of ether oxygens (including phenoxy) is 1. The van der Waals surface area contributed by atoms with E-state index < -0.39 is 10.9 Å². The van der Waals surface area contributed by atoms with Gasteiger partial charge in [-0.1, -0.05) is 32.9 Å². The predicted octanol–water partition coefficient (Wildman–Crippen LogP) is 5.68. The van der Waals surface area contributed by atoms with Crippen molar-refractivity contribution in [2.24, 2.45) is 0 Å². The van der Waals surface area contributed by atoms with E-state index in [4.69, 9.17) is 9.15 Å². The van der Waals surface area contributed by atoms with Gasteiger partial charge in [0.25, 0.3) is 5.69 Å². The van der Waals surface area contributed by atoms with Crippen LogP contribution in [0.5, 0.6) is 5.75 Å². The molecule has 0 atom stereocenters. The van der Waals surface area contributed by atoms with Crippen LogP contribution in [0.15, 0.2) is 59.0 Å². The fourth-order valence-corrected chi connectivity index (χ4v) is 2.73. The molecule has 0 spiro atoms. The van der Waals surface area contributed by atoms with Crippen LogP contribution in [-0.2, 0) is 5.41 Å². The van der Waals surface area contributed by atoms with Gasteiger partial charge in [-0.25, -0.2) is 4.79 Å². The monoisotopic (exact) mass is 379 g/mol. The van der Waals surface area contributed by atoms with Crippen molar-refractivity contribution in [3.8, 4) is 17.1 Å². The number of aryl methyl sites for hydroxylation is 1. The first-order valence-corrected chi connectivity index (χ1v) is 8.83. The van der Waals surface area contributed by atoms with Crippen LogP contribution < -0.4 is 4.74 Å². The molecule has 0 saturated heterocycles. The lowest BCUT2D eigenvalue weighted by Crippen LogP contribution is -2.12. The SMILES string of the molecule is Cc1cc(C(C)(C)C)ccc1OC(=O)c1ccc(-c2ccc([N+](=O)[O-])cc2)o1. The molecule has 144 valence electrons. The van der Waals surface area contributed by atoms with E-state index in [2.05, 4.69) is 20.8 Å². The number of carbonyl (C=O) groups excluding carboxylic acids is 1. The standard InChI is InChI=1S/C22H21NO5/c1-14-13-16(22(2,3)4)7-10-18(14)28-21(24)20-12-11-19(27-20)15-5-8-17(9-6-15)23(25)26/h5-13H,1-4H3. The summed E-state index contributed by atoms with van der Waals surface area (Å²) < 4.78 is 11.1. The molecule has 28 heavy (non-hydrogen) atoms. The second kappa shape index (κ2) is 7.31. The van der Waals surface area contributed by atoms with E-state index in [-0.39, 0.29) is 16.9 Å². The molecule has 0 N–H and O–H groups in total. The van der Waals surface area contributed by atoms with E-state index in [9.17, 15) is 14.9 Å². The lowest BCUT2D eigenvalue weighted by atomic mass is 9.86. The minimum atomic E-state index is -0.597. The topological polar surface area (TPSA) is 82.6 Å². The molecule has 0 aliphatic rings. The highest BCUT2D eigenvalue weighted by Gasteiger charge is 2.18. The van der Waals surface area contributed by atoms with Crippen LogP contribution in [0.4, 0.5) is 5.69 Å². The number of esters is 1. The molecule has 0 radical (unpaired) electrons. The Bertz CT molecular complexity index is 1030. The third-order valence-electron chi connectivity index (χ3n) is 4.41. The number of furan rings is 1. The number of carbonyl (C=O) groups is 1. The van der Waals surface area contributed by atoms with Crippen molar-refractivity contribution in [3.63, 3.8) is 0 Å². The van der Waals surface area contributed by atoms with Gasteiger partial charge in [0.05, 0.1) is 4.92 Å². The fraction of sp³-hybridized carbons (Fsp3) is 0.227. The van der Waals surface area contributed by atoms with E-state index in [0.717, 1.165) is 11.1 Å². The second-order valence-corrected chi connectivity index (χ2v) is 7.59. The van der Waals surface area contributed by atoms with E-state index >= 15 is 0 Å². The molecule has 0 amide bonds. The minimum Gasteiger partial charge on any atom is -0.449 e. The quantitative estimate of drug-likeness (QED) is 0.252. The number of nitrogens with zero attached hydrogens (tertiary/aromatic N) is 1. The first-order chi connectivity index (χ1) is 13.1. The van der Waals surface area contributed by atoms with Gasteiger partial charge in [0.15, 0.2) is 0 Å². The molecule has 3 aromatic rings. The predicted molar refractivity (Wildman–Crippen MR) is 106 cm³/mol. The van der Waals surface area contributed by atoms with Gasteiger partial charge in [-0.2, -0.15) is 0 Å². The first kappa shape index (κ1) is 19.4. The number of rotatable bonds is 4. The summed E-state index contributed by atoms with van der Waals surface area (Å²) >= 11 is 0. The summed E-state index contributed by atoms with van der Waals surface area (Å²) in [5.41, 5.74) is 2.65. The summed E-state index contributed by atoms with van der Waals surface area (Å²) in [6.45, 7) is 8.25. The number of nitro groups is 1. The van der Waals surface area contributed by atoms with Crippen molar-refractivity contribution in [2.75, 3.05) is 0 Å². The second-order valence-electron chi connectivity index (χ2n) is 7.59. The third kappa shape index (κ3) is 4.11. The average molecular weight is 379 g/mol. The lowest BCUT2D eigenvalue weighted by Gasteiger charge is -2.20. The summed E-state index contributed by atoms with van der Waals surface area (Å²) in [6, 6.07) is 14.8. The zero-order valence-electron chi connectivity index (χ0n) is 16.2. The highest BCUT2D eigenvalue weighted by atomic mass is 16.6. The van der Waals surface area contributed by atoms with E-state index in [1.807, 2.05) is 19.1 Å². The van der Waals surface area contributed by atoms with Crippen molar-refractivity contribution in [1.82, 2.24) is 0 Å². The molecular formula is C22H21NO5. The Morgan fingerprint density at radius 1 is 1.04 bits per heavy atom. The molecule has 0 saturated carbocycles. The Kier molecular flexibility index (Phi) is 5.05. The average Bonchev–Trinajstić information content (AvgIpc) is 3.13. The van der Waals surface area contributed by atoms with Crippen molar-refractivity contribution in [1.29, 1.82) is 0 Å². The maximum atomic E-state index is 12.4. The van der Waals surface area contributed by atoms with Crippen molar-refractivity contribution in [2.45, 2.75) is 33.1 Å². The molecule has 6 heteroatoms. The first-order valence-electron chi connectivity index (χ1n) is 8.83. The normalized spacial score (nSPS) is 11.3. The number of hydrogen-bond donors (Lipinski definition) is 0. The van der Waals surface area contributed by atoms with Crippen molar-refractivity contribution in [3.05, 3.63) is 81.6 Å². The third-order valence-corrected chi connectivity index (χ3v) is 4.41. The van der Waals surface area contributed by atoms with Gasteiger partial charge < -0.3 is 9.15 Å².